The van der Waals surface area contributed by atoms with Gasteiger partial charge in [-0.3, -0.25) is 9.59 Å². The van der Waals surface area contributed by atoms with Gasteiger partial charge in [-0.15, -0.1) is 11.8 Å². The molecule has 2 aromatic rings. The van der Waals surface area contributed by atoms with Crippen molar-refractivity contribution in [3.05, 3.63) is 59.0 Å². The quantitative estimate of drug-likeness (QED) is 0.702. The van der Waals surface area contributed by atoms with Gasteiger partial charge in [-0.1, -0.05) is 38.1 Å². The van der Waals surface area contributed by atoms with Crippen molar-refractivity contribution in [1.82, 2.24) is 0 Å². The molecule has 1 heterocycles. The predicted octanol–water partition coefficient (Wildman–Crippen LogP) is 4.13. The van der Waals surface area contributed by atoms with Crippen LogP contribution in [0.15, 0.2) is 53.4 Å². The number of carbonyl (C=O) groups excluding carboxylic acids is 2. The molecule has 1 aliphatic heterocycles. The molecule has 3 rings (SSSR count). The highest BCUT2D eigenvalue weighted by atomic mass is 32.2. The van der Waals surface area contributed by atoms with Crippen LogP contribution in [0.5, 0.6) is 11.5 Å². The Morgan fingerprint density at radius 1 is 0.889 bits per heavy atom. The molecule has 1 aliphatic rings. The molecule has 0 spiro atoms. The van der Waals surface area contributed by atoms with Crippen LogP contribution in [0.2, 0.25) is 0 Å². The number of methoxy groups -OCH3 is 2. The molecule has 0 N–H and O–H groups in total. The lowest BCUT2D eigenvalue weighted by Gasteiger charge is -2.18. The van der Waals surface area contributed by atoms with Crippen LogP contribution < -0.4 is 14.4 Å². The number of amides is 2. The average Bonchev–Trinajstić information content (AvgIpc) is 2.91. The predicted molar refractivity (Wildman–Crippen MR) is 108 cm³/mol. The van der Waals surface area contributed by atoms with E-state index in [0.717, 1.165) is 0 Å². The van der Waals surface area contributed by atoms with Gasteiger partial charge in [0.1, 0.15) is 11.5 Å². The van der Waals surface area contributed by atoms with Crippen molar-refractivity contribution in [3.63, 3.8) is 0 Å². The first-order chi connectivity index (χ1) is 13.0. The number of carbonyl (C=O) groups is 2. The van der Waals surface area contributed by atoms with Crippen LogP contribution in [-0.4, -0.2) is 31.3 Å². The van der Waals surface area contributed by atoms with Gasteiger partial charge in [0, 0.05) is 5.25 Å². The Labute approximate surface area is 163 Å². The first-order valence-corrected chi connectivity index (χ1v) is 9.43. The molecule has 27 heavy (non-hydrogen) atoms. The van der Waals surface area contributed by atoms with Crippen LogP contribution in [0.25, 0.3) is 5.57 Å². The Morgan fingerprint density at radius 3 is 2.15 bits per heavy atom. The minimum Gasteiger partial charge on any atom is -0.497 e. The molecule has 0 unspecified atom stereocenters. The summed E-state index contributed by atoms with van der Waals surface area (Å²) in [6.07, 6.45) is 0. The highest BCUT2D eigenvalue weighted by Crippen LogP contribution is 2.42. The number of hydrogen-bond acceptors (Lipinski definition) is 5. The lowest BCUT2D eigenvalue weighted by Crippen LogP contribution is -2.31. The van der Waals surface area contributed by atoms with Crippen LogP contribution in [0.4, 0.5) is 5.69 Å². The first kappa shape index (κ1) is 19.0. The van der Waals surface area contributed by atoms with Gasteiger partial charge in [-0.25, -0.2) is 4.90 Å². The van der Waals surface area contributed by atoms with E-state index in [9.17, 15) is 9.59 Å². The standard InChI is InChI=1S/C21H21NO4S/c1-13(2)27-19-18(14-9-11-15(25-3)12-10-14)20(23)22(21(19)24)16-7-5-6-8-17(16)26-4/h5-13H,1-4H3. The van der Waals surface area contributed by atoms with Gasteiger partial charge < -0.3 is 9.47 Å². The monoisotopic (exact) mass is 383 g/mol. The van der Waals surface area contributed by atoms with E-state index in [0.29, 0.717) is 33.2 Å². The number of para-hydroxylation sites is 2. The molecular weight excluding hydrogens is 362 g/mol. The van der Waals surface area contributed by atoms with Crippen LogP contribution in [0.3, 0.4) is 0 Å². The Morgan fingerprint density at radius 2 is 1.56 bits per heavy atom. The summed E-state index contributed by atoms with van der Waals surface area (Å²) in [5, 5.41) is 0.155. The highest BCUT2D eigenvalue weighted by Gasteiger charge is 2.41. The van der Waals surface area contributed by atoms with Crippen LogP contribution in [0.1, 0.15) is 19.4 Å². The molecule has 0 fully saturated rings. The summed E-state index contributed by atoms with van der Waals surface area (Å²) in [6.45, 7) is 3.99. The number of thioether (sulfide) groups is 1. The normalized spacial score (nSPS) is 14.3. The van der Waals surface area contributed by atoms with Crippen molar-refractivity contribution in [2.45, 2.75) is 19.1 Å². The summed E-state index contributed by atoms with van der Waals surface area (Å²) in [7, 11) is 3.10. The zero-order valence-corrected chi connectivity index (χ0v) is 16.5. The van der Waals surface area contributed by atoms with Crippen molar-refractivity contribution in [2.24, 2.45) is 0 Å². The molecule has 0 saturated carbocycles. The average molecular weight is 383 g/mol. The van der Waals surface area contributed by atoms with Gasteiger partial charge in [-0.2, -0.15) is 0 Å². The fourth-order valence-corrected chi connectivity index (χ4v) is 3.89. The largest absolute Gasteiger partial charge is 0.497 e. The van der Waals surface area contributed by atoms with Crippen molar-refractivity contribution >= 4 is 34.8 Å². The fourth-order valence-electron chi connectivity index (χ4n) is 2.90. The van der Waals surface area contributed by atoms with E-state index >= 15 is 0 Å². The molecule has 0 saturated heterocycles. The number of nitrogens with zero attached hydrogens (tertiary/aromatic N) is 1. The highest BCUT2D eigenvalue weighted by molar-refractivity contribution is 8.04. The number of rotatable bonds is 6. The van der Waals surface area contributed by atoms with Crippen molar-refractivity contribution < 1.29 is 19.1 Å². The lowest BCUT2D eigenvalue weighted by atomic mass is 10.1. The Kier molecular flexibility index (Phi) is 5.56. The number of benzene rings is 2. The van der Waals surface area contributed by atoms with Crippen LogP contribution in [0, 0.1) is 0 Å². The van der Waals surface area contributed by atoms with E-state index < -0.39 is 0 Å². The summed E-state index contributed by atoms with van der Waals surface area (Å²) < 4.78 is 10.5. The number of ether oxygens (including phenoxy) is 2. The topological polar surface area (TPSA) is 55.8 Å². The summed E-state index contributed by atoms with van der Waals surface area (Å²) in [4.78, 5) is 28.1. The maximum atomic E-state index is 13.3. The summed E-state index contributed by atoms with van der Waals surface area (Å²) in [5.41, 5.74) is 1.54. The van der Waals surface area contributed by atoms with Crippen LogP contribution >= 0.6 is 11.8 Å². The molecule has 140 valence electrons. The third-order valence-corrected chi connectivity index (χ3v) is 5.19. The molecule has 0 atom stereocenters. The number of imide groups is 1. The van der Waals surface area contributed by atoms with Gasteiger partial charge in [0.05, 0.1) is 30.4 Å². The molecule has 0 aliphatic carbocycles. The van der Waals surface area contributed by atoms with E-state index in [1.165, 1.54) is 23.8 Å². The van der Waals surface area contributed by atoms with Gasteiger partial charge >= 0.3 is 0 Å². The zero-order valence-electron chi connectivity index (χ0n) is 15.7. The Hall–Kier alpha value is -2.73. The third kappa shape index (κ3) is 3.57. The Balaban J connectivity index is 2.11. The van der Waals surface area contributed by atoms with E-state index in [4.69, 9.17) is 9.47 Å². The smallest absolute Gasteiger partial charge is 0.272 e. The van der Waals surface area contributed by atoms with Crippen molar-refractivity contribution in [2.75, 3.05) is 19.1 Å². The minimum atomic E-state index is -0.349. The van der Waals surface area contributed by atoms with Crippen LogP contribution in [-0.2, 0) is 9.59 Å². The minimum absolute atomic E-state index is 0.155. The second-order valence-electron chi connectivity index (χ2n) is 6.22. The lowest BCUT2D eigenvalue weighted by molar-refractivity contribution is -0.119. The van der Waals surface area contributed by atoms with Gasteiger partial charge in [0.15, 0.2) is 0 Å². The molecule has 6 heteroatoms. The molecule has 2 amide bonds. The summed E-state index contributed by atoms with van der Waals surface area (Å²) in [5.74, 6) is 0.492. The maximum absolute atomic E-state index is 13.3. The summed E-state index contributed by atoms with van der Waals surface area (Å²) in [6, 6.07) is 14.2. The van der Waals surface area contributed by atoms with E-state index in [1.807, 2.05) is 13.8 Å². The second kappa shape index (κ2) is 7.88. The molecule has 0 bridgehead atoms. The molecule has 0 radical (unpaired) electrons. The van der Waals surface area contributed by atoms with E-state index in [1.54, 1.807) is 55.6 Å². The SMILES string of the molecule is COc1ccc(C2=C(SC(C)C)C(=O)N(c3ccccc3OC)C2=O)cc1. The first-order valence-electron chi connectivity index (χ1n) is 8.55. The fraction of sp³-hybridized carbons (Fsp3) is 0.238. The van der Waals surface area contributed by atoms with Gasteiger partial charge in [-0.05, 0) is 29.8 Å². The molecule has 2 aromatic carbocycles. The molecule has 0 aromatic heterocycles. The second-order valence-corrected chi connectivity index (χ2v) is 7.80. The summed E-state index contributed by atoms with van der Waals surface area (Å²) >= 11 is 1.39. The van der Waals surface area contributed by atoms with Crippen molar-refractivity contribution in [1.29, 1.82) is 0 Å². The van der Waals surface area contributed by atoms with Gasteiger partial charge in [0.25, 0.3) is 11.8 Å². The maximum Gasteiger partial charge on any atom is 0.272 e. The Bertz CT molecular complexity index is 903. The number of anilines is 1. The van der Waals surface area contributed by atoms with Gasteiger partial charge in [0.2, 0.25) is 0 Å². The molecular formula is C21H21NO4S. The zero-order chi connectivity index (χ0) is 19.6. The third-order valence-electron chi connectivity index (χ3n) is 4.10. The van der Waals surface area contributed by atoms with E-state index in [-0.39, 0.29) is 17.1 Å². The number of hydrogen-bond donors (Lipinski definition) is 0. The van der Waals surface area contributed by atoms with Crippen molar-refractivity contribution in [3.8, 4) is 11.5 Å². The molecule has 5 nitrogen and oxygen atoms in total. The van der Waals surface area contributed by atoms with E-state index in [2.05, 4.69) is 0 Å².